The third-order valence-electron chi connectivity index (χ3n) is 5.70. The topological polar surface area (TPSA) is 64.2 Å². The molecule has 4 aromatic rings. The van der Waals surface area contributed by atoms with Gasteiger partial charge in [-0.1, -0.05) is 35.3 Å². The molecule has 1 N–H and O–H groups in total. The van der Waals surface area contributed by atoms with E-state index in [2.05, 4.69) is 4.98 Å². The molecule has 0 bridgehead atoms. The van der Waals surface area contributed by atoms with Gasteiger partial charge in [-0.15, -0.1) is 11.3 Å². The van der Waals surface area contributed by atoms with Crippen LogP contribution in [0.3, 0.4) is 0 Å². The summed E-state index contributed by atoms with van der Waals surface area (Å²) in [5, 5.41) is 1.79. The molecule has 8 heteroatoms. The first kappa shape index (κ1) is 22.3. The van der Waals surface area contributed by atoms with Crippen molar-refractivity contribution in [1.29, 1.82) is 0 Å². The molecule has 0 atom stereocenters. The van der Waals surface area contributed by atoms with E-state index in [4.69, 9.17) is 37.7 Å². The molecule has 0 saturated heterocycles. The van der Waals surface area contributed by atoms with E-state index < -0.39 is 0 Å². The number of rotatable bonds is 6. The predicted molar refractivity (Wildman–Crippen MR) is 134 cm³/mol. The molecule has 5 rings (SSSR count). The van der Waals surface area contributed by atoms with Crippen molar-refractivity contribution in [2.45, 2.75) is 39.2 Å². The van der Waals surface area contributed by atoms with Crippen LogP contribution in [0, 0.1) is 0 Å². The number of H-pyrrole nitrogens is 1. The van der Waals surface area contributed by atoms with Gasteiger partial charge in [0.25, 0.3) is 5.56 Å². The van der Waals surface area contributed by atoms with Crippen LogP contribution in [0.25, 0.3) is 21.6 Å². The number of aryl methyl sites for hydroxylation is 2. The lowest BCUT2D eigenvalue weighted by Gasteiger charge is -2.15. The molecule has 2 aromatic carbocycles. The summed E-state index contributed by atoms with van der Waals surface area (Å²) >= 11 is 14.2. The smallest absolute Gasteiger partial charge is 0.260 e. The Balaban J connectivity index is 1.51. The van der Waals surface area contributed by atoms with Gasteiger partial charge in [0.2, 0.25) is 0 Å². The Morgan fingerprint density at radius 3 is 2.67 bits per heavy atom. The van der Waals surface area contributed by atoms with Crippen molar-refractivity contribution in [2.24, 2.45) is 0 Å². The number of hydrogen-bond acceptors (Lipinski definition) is 5. The number of benzene rings is 2. The van der Waals surface area contributed by atoms with Crippen molar-refractivity contribution >= 4 is 44.8 Å². The zero-order valence-corrected chi connectivity index (χ0v) is 20.4. The molecule has 0 spiro atoms. The molecule has 0 fully saturated rings. The predicted octanol–water partition coefficient (Wildman–Crippen LogP) is 6.81. The average Bonchev–Trinajstić information content (AvgIpc) is 3.19. The van der Waals surface area contributed by atoms with Crippen LogP contribution in [0.4, 0.5) is 0 Å². The minimum Gasteiger partial charge on any atom is -0.490 e. The van der Waals surface area contributed by atoms with E-state index in [1.807, 2.05) is 37.3 Å². The zero-order chi connectivity index (χ0) is 22.9. The summed E-state index contributed by atoms with van der Waals surface area (Å²) in [5.41, 5.74) is 2.69. The van der Waals surface area contributed by atoms with Crippen LogP contribution in [0.15, 0.2) is 41.2 Å². The van der Waals surface area contributed by atoms with Crippen molar-refractivity contribution < 1.29 is 9.47 Å². The SMILES string of the molecule is CCOc1cc(-c2nc3sc4c(c3c(=O)[nH]2)CCCC4)cc(Cl)c1OCc1ccc(Cl)cc1. The average molecular weight is 501 g/mol. The molecule has 0 unspecified atom stereocenters. The highest BCUT2D eigenvalue weighted by atomic mass is 35.5. The minimum absolute atomic E-state index is 0.105. The Bertz CT molecular complexity index is 1380. The fourth-order valence-electron chi connectivity index (χ4n) is 4.14. The lowest BCUT2D eigenvalue weighted by atomic mass is 9.97. The maximum Gasteiger partial charge on any atom is 0.260 e. The van der Waals surface area contributed by atoms with Crippen molar-refractivity contribution in [3.8, 4) is 22.9 Å². The summed E-state index contributed by atoms with van der Waals surface area (Å²) in [6.45, 7) is 2.65. The van der Waals surface area contributed by atoms with Crippen LogP contribution in [0.5, 0.6) is 11.5 Å². The number of nitrogens with one attached hydrogen (secondary N) is 1. The molecule has 2 aromatic heterocycles. The first-order valence-corrected chi connectivity index (χ1v) is 12.5. The molecule has 1 aliphatic carbocycles. The molecule has 0 aliphatic heterocycles. The minimum atomic E-state index is -0.105. The van der Waals surface area contributed by atoms with Gasteiger partial charge in [-0.3, -0.25) is 4.79 Å². The number of aromatic amines is 1. The first-order valence-electron chi connectivity index (χ1n) is 10.9. The molecule has 0 saturated carbocycles. The summed E-state index contributed by atoms with van der Waals surface area (Å²) in [6.07, 6.45) is 4.24. The van der Waals surface area contributed by atoms with Gasteiger partial charge in [0.15, 0.2) is 11.5 Å². The van der Waals surface area contributed by atoms with Gasteiger partial charge in [-0.25, -0.2) is 4.98 Å². The number of aromatic nitrogens is 2. The maximum atomic E-state index is 13.0. The van der Waals surface area contributed by atoms with Gasteiger partial charge in [0.05, 0.1) is 17.0 Å². The van der Waals surface area contributed by atoms with E-state index >= 15 is 0 Å². The molecule has 0 amide bonds. The standard InChI is InChI=1S/C25H22Cl2N2O3S/c1-2-31-19-12-15(11-18(27)22(19)32-13-14-7-9-16(26)10-8-14)23-28-24(30)21-17-5-3-4-6-20(17)33-25(21)29-23/h7-12H,2-6,13H2,1H3,(H,28,29,30). The lowest BCUT2D eigenvalue weighted by Crippen LogP contribution is -2.11. The van der Waals surface area contributed by atoms with Gasteiger partial charge in [0, 0.05) is 15.5 Å². The zero-order valence-electron chi connectivity index (χ0n) is 18.0. The van der Waals surface area contributed by atoms with Crippen molar-refractivity contribution in [3.05, 3.63) is 72.8 Å². The van der Waals surface area contributed by atoms with Crippen LogP contribution >= 0.6 is 34.5 Å². The van der Waals surface area contributed by atoms with E-state index in [0.29, 0.717) is 46.1 Å². The summed E-state index contributed by atoms with van der Waals surface area (Å²) in [6, 6.07) is 11.0. The van der Waals surface area contributed by atoms with Gasteiger partial charge >= 0.3 is 0 Å². The van der Waals surface area contributed by atoms with E-state index in [1.165, 1.54) is 10.4 Å². The van der Waals surface area contributed by atoms with Crippen molar-refractivity contribution in [3.63, 3.8) is 0 Å². The lowest BCUT2D eigenvalue weighted by molar-refractivity contribution is 0.269. The van der Waals surface area contributed by atoms with Gasteiger partial charge in [-0.05, 0) is 68.0 Å². The van der Waals surface area contributed by atoms with Gasteiger partial charge in [-0.2, -0.15) is 0 Å². The van der Waals surface area contributed by atoms with E-state index in [9.17, 15) is 4.79 Å². The van der Waals surface area contributed by atoms with Crippen molar-refractivity contribution in [2.75, 3.05) is 6.61 Å². The Morgan fingerprint density at radius 1 is 1.09 bits per heavy atom. The second kappa shape index (κ2) is 9.37. The largest absolute Gasteiger partial charge is 0.490 e. The van der Waals surface area contributed by atoms with Crippen LogP contribution in [-0.2, 0) is 19.4 Å². The monoisotopic (exact) mass is 500 g/mol. The van der Waals surface area contributed by atoms with Gasteiger partial charge < -0.3 is 14.5 Å². The Morgan fingerprint density at radius 2 is 1.88 bits per heavy atom. The van der Waals surface area contributed by atoms with E-state index in [1.54, 1.807) is 17.4 Å². The first-order chi connectivity index (χ1) is 16.0. The highest BCUT2D eigenvalue weighted by Crippen LogP contribution is 2.40. The van der Waals surface area contributed by atoms with Crippen molar-refractivity contribution in [1.82, 2.24) is 9.97 Å². The summed E-state index contributed by atoms with van der Waals surface area (Å²) in [5.74, 6) is 1.42. The Labute approximate surface area is 205 Å². The molecule has 0 radical (unpaired) electrons. The van der Waals surface area contributed by atoms with Crippen LogP contribution in [0.1, 0.15) is 35.8 Å². The highest BCUT2D eigenvalue weighted by molar-refractivity contribution is 7.18. The Hall–Kier alpha value is -2.54. The number of halogens is 2. The maximum absolute atomic E-state index is 13.0. The highest BCUT2D eigenvalue weighted by Gasteiger charge is 2.21. The van der Waals surface area contributed by atoms with E-state index in [-0.39, 0.29) is 5.56 Å². The second-order valence-corrected chi connectivity index (χ2v) is 9.87. The summed E-state index contributed by atoms with van der Waals surface area (Å²) in [7, 11) is 0. The number of nitrogens with zero attached hydrogens (tertiary/aromatic N) is 1. The van der Waals surface area contributed by atoms with Crippen LogP contribution in [0.2, 0.25) is 10.0 Å². The fourth-order valence-corrected chi connectivity index (χ4v) is 5.80. The number of hydrogen-bond donors (Lipinski definition) is 1. The fraction of sp³-hybridized carbons (Fsp3) is 0.280. The number of ether oxygens (including phenoxy) is 2. The second-order valence-electron chi connectivity index (χ2n) is 7.94. The Kier molecular flexibility index (Phi) is 6.32. The van der Waals surface area contributed by atoms with Crippen LogP contribution in [-0.4, -0.2) is 16.6 Å². The normalized spacial score (nSPS) is 13.2. The number of thiophene rings is 1. The summed E-state index contributed by atoms with van der Waals surface area (Å²) in [4.78, 5) is 22.8. The van der Waals surface area contributed by atoms with E-state index in [0.717, 1.165) is 41.5 Å². The molecule has 5 nitrogen and oxygen atoms in total. The molecule has 170 valence electrons. The molecule has 33 heavy (non-hydrogen) atoms. The third kappa shape index (κ3) is 4.47. The van der Waals surface area contributed by atoms with Gasteiger partial charge in [0.1, 0.15) is 17.3 Å². The van der Waals surface area contributed by atoms with Crippen LogP contribution < -0.4 is 15.0 Å². The summed E-state index contributed by atoms with van der Waals surface area (Å²) < 4.78 is 11.8. The molecule has 1 aliphatic rings. The molecular formula is C25H22Cl2N2O3S. The molecule has 2 heterocycles. The quantitative estimate of drug-likeness (QED) is 0.315. The molecular weight excluding hydrogens is 479 g/mol. The number of fused-ring (bicyclic) bond motifs is 3. The third-order valence-corrected chi connectivity index (χ3v) is 7.42.